The monoisotopic (exact) mass is 405 g/mol. The summed E-state index contributed by atoms with van der Waals surface area (Å²) in [4.78, 5) is 4.40. The van der Waals surface area contributed by atoms with Crippen LogP contribution >= 0.6 is 24.0 Å². The van der Waals surface area contributed by atoms with Crippen molar-refractivity contribution < 1.29 is 9.47 Å². The smallest absolute Gasteiger partial charge is 0.193 e. The van der Waals surface area contributed by atoms with Crippen LogP contribution in [0.5, 0.6) is 0 Å². The number of benzene rings is 1. The predicted octanol–water partition coefficient (Wildman–Crippen LogP) is 2.75. The summed E-state index contributed by atoms with van der Waals surface area (Å²) in [7, 11) is 3.42. The van der Waals surface area contributed by atoms with Crippen molar-refractivity contribution in [3.63, 3.8) is 0 Å². The van der Waals surface area contributed by atoms with Gasteiger partial charge in [-0.05, 0) is 25.3 Å². The Morgan fingerprint density at radius 1 is 1.33 bits per heavy atom. The molecule has 0 aromatic heterocycles. The second kappa shape index (κ2) is 8.55. The standard InChI is InChI=1S/C15H23N3O2.HI/c1-19-10-12-6-3-4-7-13(12)18-14(16)17-11-15(20-2)8-5-9-15;/h3-4,6-7H,5,8-11H2,1-2H3,(H3,16,17,18);1H. The van der Waals surface area contributed by atoms with Gasteiger partial charge in [0.15, 0.2) is 5.96 Å². The average Bonchev–Trinajstić information content (AvgIpc) is 2.41. The van der Waals surface area contributed by atoms with E-state index in [1.807, 2.05) is 24.3 Å². The van der Waals surface area contributed by atoms with E-state index in [9.17, 15) is 0 Å². The van der Waals surface area contributed by atoms with Crippen molar-refractivity contribution in [1.82, 2.24) is 0 Å². The molecule has 0 spiro atoms. The van der Waals surface area contributed by atoms with Crippen molar-refractivity contribution in [3.8, 4) is 0 Å². The number of hydrogen-bond acceptors (Lipinski definition) is 3. The number of anilines is 1. The average molecular weight is 405 g/mol. The van der Waals surface area contributed by atoms with Crippen LogP contribution in [0.2, 0.25) is 0 Å². The van der Waals surface area contributed by atoms with Crippen molar-refractivity contribution in [2.75, 3.05) is 26.1 Å². The Hall–Kier alpha value is -0.860. The number of para-hydroxylation sites is 1. The van der Waals surface area contributed by atoms with Crippen LogP contribution in [0.15, 0.2) is 29.3 Å². The first kappa shape index (κ1) is 18.2. The van der Waals surface area contributed by atoms with Crippen LogP contribution in [-0.4, -0.2) is 32.3 Å². The maximum absolute atomic E-state index is 5.95. The summed E-state index contributed by atoms with van der Waals surface area (Å²) < 4.78 is 10.7. The number of nitrogens with zero attached hydrogens (tertiary/aromatic N) is 1. The molecule has 1 aromatic rings. The van der Waals surface area contributed by atoms with Gasteiger partial charge in [0.05, 0.1) is 18.8 Å². The van der Waals surface area contributed by atoms with Crippen molar-refractivity contribution in [2.24, 2.45) is 10.7 Å². The number of nitrogens with two attached hydrogens (primary N) is 1. The summed E-state index contributed by atoms with van der Waals surface area (Å²) in [5, 5.41) is 3.13. The molecule has 0 bridgehead atoms. The van der Waals surface area contributed by atoms with Crippen molar-refractivity contribution in [2.45, 2.75) is 31.5 Å². The zero-order valence-electron chi connectivity index (χ0n) is 12.6. The van der Waals surface area contributed by atoms with Gasteiger partial charge in [-0.25, -0.2) is 0 Å². The molecule has 5 nitrogen and oxygen atoms in total. The van der Waals surface area contributed by atoms with Gasteiger partial charge in [0, 0.05) is 25.5 Å². The van der Waals surface area contributed by atoms with Crippen LogP contribution in [0.3, 0.4) is 0 Å². The number of halogens is 1. The molecule has 0 heterocycles. The Bertz CT molecular complexity index is 470. The summed E-state index contributed by atoms with van der Waals surface area (Å²) in [5.74, 6) is 0.414. The van der Waals surface area contributed by atoms with Crippen LogP contribution in [-0.2, 0) is 16.1 Å². The molecule has 1 saturated carbocycles. The van der Waals surface area contributed by atoms with Gasteiger partial charge in [0.1, 0.15) is 0 Å². The number of aliphatic imine (C=N–C) groups is 1. The van der Waals surface area contributed by atoms with Crippen LogP contribution in [0.25, 0.3) is 0 Å². The largest absolute Gasteiger partial charge is 0.380 e. The van der Waals surface area contributed by atoms with Gasteiger partial charge in [0.25, 0.3) is 0 Å². The van der Waals surface area contributed by atoms with Crippen molar-refractivity contribution in [3.05, 3.63) is 29.8 Å². The lowest BCUT2D eigenvalue weighted by atomic mass is 9.80. The Balaban J connectivity index is 0.00000220. The summed E-state index contributed by atoms with van der Waals surface area (Å²) in [6.45, 7) is 1.15. The minimum atomic E-state index is -0.0989. The molecular formula is C15H24IN3O2. The molecule has 0 aliphatic heterocycles. The van der Waals surface area contributed by atoms with E-state index in [1.165, 1.54) is 6.42 Å². The van der Waals surface area contributed by atoms with Gasteiger partial charge in [-0.2, -0.15) is 0 Å². The van der Waals surface area contributed by atoms with Crippen LogP contribution in [0.4, 0.5) is 5.69 Å². The Kier molecular flexibility index (Phi) is 7.41. The molecule has 0 saturated heterocycles. The highest BCUT2D eigenvalue weighted by Gasteiger charge is 2.36. The summed E-state index contributed by atoms with van der Waals surface area (Å²) in [6.07, 6.45) is 3.31. The van der Waals surface area contributed by atoms with E-state index in [1.54, 1.807) is 14.2 Å². The quantitative estimate of drug-likeness (QED) is 0.434. The number of methoxy groups -OCH3 is 2. The van der Waals surface area contributed by atoms with E-state index in [2.05, 4.69) is 10.3 Å². The molecule has 21 heavy (non-hydrogen) atoms. The highest BCUT2D eigenvalue weighted by atomic mass is 127. The molecule has 0 amide bonds. The molecule has 1 aliphatic rings. The zero-order chi connectivity index (χ0) is 14.4. The number of guanidine groups is 1. The third-order valence-electron chi connectivity index (χ3n) is 3.82. The van der Waals surface area contributed by atoms with E-state index in [4.69, 9.17) is 15.2 Å². The maximum Gasteiger partial charge on any atom is 0.193 e. The zero-order valence-corrected chi connectivity index (χ0v) is 14.9. The fraction of sp³-hybridized carbons (Fsp3) is 0.533. The lowest BCUT2D eigenvalue weighted by molar-refractivity contribution is -0.0629. The van der Waals surface area contributed by atoms with Gasteiger partial charge in [-0.1, -0.05) is 18.2 Å². The topological polar surface area (TPSA) is 68.9 Å². The Labute approximate surface area is 143 Å². The SMILES string of the molecule is COCc1ccccc1NC(N)=NCC1(OC)CCC1.I. The number of hydrogen-bond donors (Lipinski definition) is 2. The van der Waals surface area contributed by atoms with Gasteiger partial charge < -0.3 is 20.5 Å². The van der Waals surface area contributed by atoms with Crippen LogP contribution < -0.4 is 11.1 Å². The predicted molar refractivity (Wildman–Crippen MR) is 96.3 cm³/mol. The fourth-order valence-electron chi connectivity index (χ4n) is 2.33. The summed E-state index contributed by atoms with van der Waals surface area (Å²) >= 11 is 0. The van der Waals surface area contributed by atoms with Crippen LogP contribution in [0, 0.1) is 0 Å². The lowest BCUT2D eigenvalue weighted by Crippen LogP contribution is -2.43. The molecule has 0 atom stereocenters. The molecule has 0 unspecified atom stereocenters. The van der Waals surface area contributed by atoms with Gasteiger partial charge >= 0.3 is 0 Å². The normalized spacial score (nSPS) is 16.8. The molecule has 3 N–H and O–H groups in total. The second-order valence-corrected chi connectivity index (χ2v) is 5.16. The molecule has 1 aliphatic carbocycles. The minimum Gasteiger partial charge on any atom is -0.380 e. The van der Waals surface area contributed by atoms with E-state index in [-0.39, 0.29) is 29.6 Å². The molecule has 6 heteroatoms. The highest BCUT2D eigenvalue weighted by Crippen LogP contribution is 2.35. The molecule has 0 radical (unpaired) electrons. The van der Waals surface area contributed by atoms with Crippen molar-refractivity contribution in [1.29, 1.82) is 0 Å². The first-order valence-electron chi connectivity index (χ1n) is 6.88. The van der Waals surface area contributed by atoms with Crippen molar-refractivity contribution >= 4 is 35.6 Å². The Morgan fingerprint density at radius 2 is 2.05 bits per heavy atom. The maximum atomic E-state index is 5.95. The summed E-state index contributed by atoms with van der Waals surface area (Å²) in [5.41, 5.74) is 7.84. The first-order chi connectivity index (χ1) is 9.69. The Morgan fingerprint density at radius 3 is 2.62 bits per heavy atom. The molecular weight excluding hydrogens is 381 g/mol. The van der Waals surface area contributed by atoms with E-state index < -0.39 is 0 Å². The molecule has 1 aromatic carbocycles. The van der Waals surface area contributed by atoms with Crippen LogP contribution in [0.1, 0.15) is 24.8 Å². The fourth-order valence-corrected chi connectivity index (χ4v) is 2.33. The number of ether oxygens (including phenoxy) is 2. The molecule has 2 rings (SSSR count). The molecule has 1 fully saturated rings. The lowest BCUT2D eigenvalue weighted by Gasteiger charge is -2.39. The van der Waals surface area contributed by atoms with E-state index >= 15 is 0 Å². The van der Waals surface area contributed by atoms with Gasteiger partial charge in [0.2, 0.25) is 0 Å². The third kappa shape index (κ3) is 4.82. The van der Waals surface area contributed by atoms with E-state index in [0.717, 1.165) is 24.1 Å². The third-order valence-corrected chi connectivity index (χ3v) is 3.82. The van der Waals surface area contributed by atoms with Gasteiger partial charge in [-0.15, -0.1) is 24.0 Å². The number of rotatable bonds is 6. The highest BCUT2D eigenvalue weighted by molar-refractivity contribution is 14.0. The van der Waals surface area contributed by atoms with Gasteiger partial charge in [-0.3, -0.25) is 4.99 Å². The van der Waals surface area contributed by atoms with E-state index in [0.29, 0.717) is 19.1 Å². The second-order valence-electron chi connectivity index (χ2n) is 5.16. The summed E-state index contributed by atoms with van der Waals surface area (Å²) in [6, 6.07) is 7.90. The minimum absolute atomic E-state index is 0. The first-order valence-corrected chi connectivity index (χ1v) is 6.88. The molecule has 118 valence electrons. The number of nitrogens with one attached hydrogen (secondary N) is 1.